The molecule has 0 unspecified atom stereocenters. The smallest absolute Gasteiger partial charge is 0.276 e. The second-order valence-electron chi connectivity index (χ2n) is 5.88. The number of amides is 1. The van der Waals surface area contributed by atoms with E-state index in [1.807, 2.05) is 30.0 Å². The molecular weight excluding hydrogens is 347 g/mol. The van der Waals surface area contributed by atoms with E-state index in [1.165, 1.54) is 5.56 Å². The maximum atomic E-state index is 12.6. The number of piperazine rings is 1. The molecule has 2 aromatic rings. The lowest BCUT2D eigenvalue weighted by atomic mass is 10.2. The third-order valence-electron chi connectivity index (χ3n) is 4.20. The van der Waals surface area contributed by atoms with Crippen molar-refractivity contribution in [3.05, 3.63) is 51.8 Å². The molecule has 2 heterocycles. The van der Waals surface area contributed by atoms with Crippen LogP contribution in [0, 0.1) is 0 Å². The van der Waals surface area contributed by atoms with Gasteiger partial charge in [0.1, 0.15) is 0 Å². The van der Waals surface area contributed by atoms with E-state index in [9.17, 15) is 4.79 Å². The SMILES string of the molecule is CCn1cc(Cl)c(C(=O)N2CCN(Cc3cccc(Cl)c3)CC2)n1. The van der Waals surface area contributed by atoms with Gasteiger partial charge in [-0.05, 0) is 24.6 Å². The number of hydrogen-bond acceptors (Lipinski definition) is 3. The zero-order chi connectivity index (χ0) is 17.1. The Morgan fingerprint density at radius 2 is 1.96 bits per heavy atom. The molecule has 24 heavy (non-hydrogen) atoms. The normalized spacial score (nSPS) is 15.7. The first kappa shape index (κ1) is 17.3. The molecule has 128 valence electrons. The number of carbonyl (C=O) groups is 1. The molecule has 0 saturated carbocycles. The first-order valence-corrected chi connectivity index (χ1v) is 8.81. The van der Waals surface area contributed by atoms with Gasteiger partial charge in [-0.2, -0.15) is 5.10 Å². The summed E-state index contributed by atoms with van der Waals surface area (Å²) in [5.74, 6) is -0.0883. The summed E-state index contributed by atoms with van der Waals surface area (Å²) < 4.78 is 1.69. The Bertz CT molecular complexity index is 723. The van der Waals surface area contributed by atoms with Crippen LogP contribution in [0.1, 0.15) is 23.0 Å². The minimum absolute atomic E-state index is 0.0883. The highest BCUT2D eigenvalue weighted by Gasteiger charge is 2.25. The fourth-order valence-electron chi connectivity index (χ4n) is 2.86. The summed E-state index contributed by atoms with van der Waals surface area (Å²) in [5.41, 5.74) is 1.54. The predicted molar refractivity (Wildman–Crippen MR) is 95.5 cm³/mol. The van der Waals surface area contributed by atoms with Crippen LogP contribution in [0.3, 0.4) is 0 Å². The van der Waals surface area contributed by atoms with Gasteiger partial charge in [0, 0.05) is 50.5 Å². The summed E-state index contributed by atoms with van der Waals surface area (Å²) in [4.78, 5) is 16.7. The zero-order valence-electron chi connectivity index (χ0n) is 13.6. The molecule has 0 spiro atoms. The summed E-state index contributed by atoms with van der Waals surface area (Å²) in [7, 11) is 0. The monoisotopic (exact) mass is 366 g/mol. The van der Waals surface area contributed by atoms with Crippen molar-refractivity contribution in [2.24, 2.45) is 0 Å². The topological polar surface area (TPSA) is 41.4 Å². The lowest BCUT2D eigenvalue weighted by Crippen LogP contribution is -2.48. The molecule has 5 nitrogen and oxygen atoms in total. The van der Waals surface area contributed by atoms with E-state index in [0.29, 0.717) is 30.4 Å². The molecule has 0 atom stereocenters. The molecule has 1 aliphatic rings. The summed E-state index contributed by atoms with van der Waals surface area (Å²) in [6.45, 7) is 6.50. The summed E-state index contributed by atoms with van der Waals surface area (Å²) in [5, 5.41) is 5.44. The van der Waals surface area contributed by atoms with Gasteiger partial charge in [-0.3, -0.25) is 14.4 Å². The predicted octanol–water partition coefficient (Wildman–Crippen LogP) is 3.17. The highest BCUT2D eigenvalue weighted by atomic mass is 35.5. The van der Waals surface area contributed by atoms with E-state index in [-0.39, 0.29) is 5.91 Å². The van der Waals surface area contributed by atoms with Crippen molar-refractivity contribution in [2.45, 2.75) is 20.0 Å². The minimum atomic E-state index is -0.0883. The largest absolute Gasteiger partial charge is 0.335 e. The number of nitrogens with zero attached hydrogens (tertiary/aromatic N) is 4. The maximum Gasteiger partial charge on any atom is 0.276 e. The van der Waals surface area contributed by atoms with Crippen molar-refractivity contribution in [1.82, 2.24) is 19.6 Å². The van der Waals surface area contributed by atoms with Crippen LogP contribution in [-0.2, 0) is 13.1 Å². The van der Waals surface area contributed by atoms with Gasteiger partial charge in [0.2, 0.25) is 0 Å². The van der Waals surface area contributed by atoms with E-state index >= 15 is 0 Å². The first-order valence-electron chi connectivity index (χ1n) is 8.06. The van der Waals surface area contributed by atoms with Crippen molar-refractivity contribution in [1.29, 1.82) is 0 Å². The van der Waals surface area contributed by atoms with Gasteiger partial charge in [0.25, 0.3) is 5.91 Å². The van der Waals surface area contributed by atoms with Crippen LogP contribution in [0.15, 0.2) is 30.5 Å². The van der Waals surface area contributed by atoms with E-state index in [2.05, 4.69) is 16.1 Å². The standard InChI is InChI=1S/C17H20Cl2N4O/c1-2-23-12-15(19)16(20-23)17(24)22-8-6-21(7-9-22)11-13-4-3-5-14(18)10-13/h3-5,10,12H,2,6-9,11H2,1H3. The van der Waals surface area contributed by atoms with E-state index in [0.717, 1.165) is 24.7 Å². The molecule has 1 amide bonds. The Hall–Kier alpha value is -1.56. The zero-order valence-corrected chi connectivity index (χ0v) is 15.1. The summed E-state index contributed by atoms with van der Waals surface area (Å²) >= 11 is 12.2. The second kappa shape index (κ2) is 7.55. The van der Waals surface area contributed by atoms with Crippen LogP contribution in [0.2, 0.25) is 10.0 Å². The van der Waals surface area contributed by atoms with Crippen LogP contribution in [-0.4, -0.2) is 51.7 Å². The molecule has 0 radical (unpaired) electrons. The van der Waals surface area contributed by atoms with Gasteiger partial charge in [0.05, 0.1) is 5.02 Å². The second-order valence-corrected chi connectivity index (χ2v) is 6.72. The quantitative estimate of drug-likeness (QED) is 0.834. The van der Waals surface area contributed by atoms with Crippen LogP contribution in [0.4, 0.5) is 0 Å². The maximum absolute atomic E-state index is 12.6. The highest BCUT2D eigenvalue weighted by molar-refractivity contribution is 6.33. The number of benzene rings is 1. The average molecular weight is 367 g/mol. The van der Waals surface area contributed by atoms with Crippen LogP contribution in [0.5, 0.6) is 0 Å². The van der Waals surface area contributed by atoms with Gasteiger partial charge in [-0.1, -0.05) is 35.3 Å². The van der Waals surface area contributed by atoms with E-state index < -0.39 is 0 Å². The molecule has 3 rings (SSSR count). The van der Waals surface area contributed by atoms with Crippen molar-refractivity contribution in [2.75, 3.05) is 26.2 Å². The Balaban J connectivity index is 1.58. The Kier molecular flexibility index (Phi) is 5.43. The van der Waals surface area contributed by atoms with E-state index in [1.54, 1.807) is 10.9 Å². The molecule has 1 aromatic carbocycles. The van der Waals surface area contributed by atoms with Gasteiger partial charge >= 0.3 is 0 Å². The number of rotatable bonds is 4. The van der Waals surface area contributed by atoms with Crippen molar-refractivity contribution in [3.63, 3.8) is 0 Å². The molecule has 7 heteroatoms. The van der Waals surface area contributed by atoms with Crippen molar-refractivity contribution < 1.29 is 4.79 Å². The Morgan fingerprint density at radius 3 is 2.58 bits per heavy atom. The summed E-state index contributed by atoms with van der Waals surface area (Å²) in [6, 6.07) is 7.89. The molecule has 1 fully saturated rings. The highest BCUT2D eigenvalue weighted by Crippen LogP contribution is 2.18. The van der Waals surface area contributed by atoms with Crippen molar-refractivity contribution in [3.8, 4) is 0 Å². The summed E-state index contributed by atoms with van der Waals surface area (Å²) in [6.07, 6.45) is 1.70. The third-order valence-corrected chi connectivity index (χ3v) is 4.71. The number of halogens is 2. The average Bonchev–Trinajstić information content (AvgIpc) is 2.96. The van der Waals surface area contributed by atoms with Crippen molar-refractivity contribution >= 4 is 29.1 Å². The molecule has 1 saturated heterocycles. The Labute approximate surface area is 151 Å². The number of carbonyl (C=O) groups excluding carboxylic acids is 1. The van der Waals surface area contributed by atoms with Gasteiger partial charge in [-0.25, -0.2) is 0 Å². The van der Waals surface area contributed by atoms with Gasteiger partial charge in [-0.15, -0.1) is 0 Å². The van der Waals surface area contributed by atoms with Crippen LogP contribution in [0.25, 0.3) is 0 Å². The number of aromatic nitrogens is 2. The third kappa shape index (κ3) is 3.91. The van der Waals surface area contributed by atoms with Crippen LogP contribution >= 0.6 is 23.2 Å². The molecule has 0 aliphatic carbocycles. The van der Waals surface area contributed by atoms with Gasteiger partial charge in [0.15, 0.2) is 5.69 Å². The minimum Gasteiger partial charge on any atom is -0.335 e. The molecular formula is C17H20Cl2N4O. The lowest BCUT2D eigenvalue weighted by molar-refractivity contribution is 0.0622. The fourth-order valence-corrected chi connectivity index (χ4v) is 3.30. The molecule has 1 aromatic heterocycles. The number of hydrogen-bond donors (Lipinski definition) is 0. The van der Waals surface area contributed by atoms with E-state index in [4.69, 9.17) is 23.2 Å². The molecule has 1 aliphatic heterocycles. The number of aryl methyl sites for hydroxylation is 1. The lowest BCUT2D eigenvalue weighted by Gasteiger charge is -2.34. The Morgan fingerprint density at radius 1 is 1.21 bits per heavy atom. The van der Waals surface area contributed by atoms with Crippen LogP contribution < -0.4 is 0 Å². The first-order chi connectivity index (χ1) is 11.6. The molecule has 0 N–H and O–H groups in total. The molecule has 0 bridgehead atoms. The van der Waals surface area contributed by atoms with Gasteiger partial charge < -0.3 is 4.90 Å². The fraction of sp³-hybridized carbons (Fsp3) is 0.412.